The van der Waals surface area contributed by atoms with E-state index < -0.39 is 0 Å². The molecule has 19 heavy (non-hydrogen) atoms. The first kappa shape index (κ1) is 13.1. The van der Waals surface area contributed by atoms with Crippen molar-refractivity contribution in [1.82, 2.24) is 9.78 Å². The van der Waals surface area contributed by atoms with Crippen molar-refractivity contribution >= 4 is 23.3 Å². The number of anilines is 1. The Morgan fingerprint density at radius 2 is 2.26 bits per heavy atom. The number of aryl methyl sites for hydroxylation is 2. The molecule has 1 aromatic carbocycles. The molecule has 1 aromatic heterocycles. The van der Waals surface area contributed by atoms with Gasteiger partial charge in [-0.15, -0.1) is 0 Å². The Hall–Kier alpha value is -2.32. The van der Waals surface area contributed by atoms with Crippen LogP contribution in [0.25, 0.3) is 0 Å². The number of benzene rings is 1. The van der Waals surface area contributed by atoms with Gasteiger partial charge in [0.05, 0.1) is 0 Å². The molecular weight excluding hydrogens is 264 g/mol. The topological polar surface area (TPSA) is 70.7 Å². The zero-order valence-corrected chi connectivity index (χ0v) is 11.2. The molecule has 0 saturated heterocycles. The average molecular weight is 275 g/mol. The Labute approximate surface area is 115 Å². The Bertz CT molecular complexity index is 684. The van der Waals surface area contributed by atoms with Crippen molar-refractivity contribution < 1.29 is 4.79 Å². The molecule has 0 radical (unpaired) electrons. The summed E-state index contributed by atoms with van der Waals surface area (Å²) in [5.41, 5.74) is 1.58. The fourth-order valence-corrected chi connectivity index (χ4v) is 1.95. The molecule has 0 aliphatic heterocycles. The van der Waals surface area contributed by atoms with Crippen LogP contribution in [0.1, 0.15) is 21.5 Å². The van der Waals surface area contributed by atoms with Crippen LogP contribution in [0.15, 0.2) is 24.4 Å². The number of carbonyl (C=O) groups is 1. The molecule has 0 aliphatic carbocycles. The normalized spacial score (nSPS) is 10.0. The summed E-state index contributed by atoms with van der Waals surface area (Å²) in [5, 5.41) is 16.2. The summed E-state index contributed by atoms with van der Waals surface area (Å²) in [4.78, 5) is 12.1. The predicted molar refractivity (Wildman–Crippen MR) is 72.1 cm³/mol. The van der Waals surface area contributed by atoms with E-state index in [0.29, 0.717) is 16.1 Å². The number of amides is 1. The van der Waals surface area contributed by atoms with Crippen molar-refractivity contribution in [2.75, 3.05) is 5.32 Å². The lowest BCUT2D eigenvalue weighted by atomic mass is 10.1. The van der Waals surface area contributed by atoms with Crippen LogP contribution in [0.2, 0.25) is 5.02 Å². The van der Waals surface area contributed by atoms with E-state index in [-0.39, 0.29) is 11.7 Å². The summed E-state index contributed by atoms with van der Waals surface area (Å²) in [6.45, 7) is 1.80. The highest BCUT2D eigenvalue weighted by Gasteiger charge is 2.14. The smallest absolute Gasteiger partial charge is 0.257 e. The minimum Gasteiger partial charge on any atom is -0.304 e. The fraction of sp³-hybridized carbons (Fsp3) is 0.154. The molecule has 96 valence electrons. The van der Waals surface area contributed by atoms with Crippen LogP contribution >= 0.6 is 11.6 Å². The van der Waals surface area contributed by atoms with E-state index in [0.717, 1.165) is 5.56 Å². The fourth-order valence-electron chi connectivity index (χ4n) is 1.72. The van der Waals surface area contributed by atoms with Crippen molar-refractivity contribution in [3.63, 3.8) is 0 Å². The van der Waals surface area contributed by atoms with Crippen molar-refractivity contribution in [1.29, 1.82) is 5.26 Å². The van der Waals surface area contributed by atoms with Crippen LogP contribution in [0.3, 0.4) is 0 Å². The van der Waals surface area contributed by atoms with Crippen molar-refractivity contribution in [3.05, 3.63) is 46.1 Å². The molecule has 5 nitrogen and oxygen atoms in total. The van der Waals surface area contributed by atoms with Gasteiger partial charge in [0, 0.05) is 23.8 Å². The van der Waals surface area contributed by atoms with Gasteiger partial charge in [-0.25, -0.2) is 0 Å². The molecule has 0 fully saturated rings. The van der Waals surface area contributed by atoms with Gasteiger partial charge < -0.3 is 5.32 Å². The van der Waals surface area contributed by atoms with Gasteiger partial charge in [0.15, 0.2) is 5.82 Å². The van der Waals surface area contributed by atoms with Crippen LogP contribution < -0.4 is 5.32 Å². The van der Waals surface area contributed by atoms with Crippen molar-refractivity contribution in [2.45, 2.75) is 6.92 Å². The maximum atomic E-state index is 12.1. The van der Waals surface area contributed by atoms with E-state index >= 15 is 0 Å². The van der Waals surface area contributed by atoms with Crippen LogP contribution in [0.4, 0.5) is 5.82 Å². The molecule has 1 amide bonds. The second kappa shape index (κ2) is 5.12. The Morgan fingerprint density at radius 1 is 1.53 bits per heavy atom. The summed E-state index contributed by atoms with van der Waals surface area (Å²) in [7, 11) is 1.68. The van der Waals surface area contributed by atoms with Gasteiger partial charge in [-0.3, -0.25) is 9.48 Å². The van der Waals surface area contributed by atoms with Crippen LogP contribution in [-0.2, 0) is 7.05 Å². The third-order valence-corrected chi connectivity index (χ3v) is 2.85. The zero-order valence-electron chi connectivity index (χ0n) is 10.4. The number of nitriles is 1. The highest BCUT2D eigenvalue weighted by Crippen LogP contribution is 2.17. The predicted octanol–water partition coefficient (Wildman–Crippen LogP) is 2.51. The molecule has 6 heteroatoms. The third kappa shape index (κ3) is 2.75. The molecular formula is C13H11ClN4O. The Kier molecular flexibility index (Phi) is 3.54. The first-order chi connectivity index (χ1) is 9.01. The lowest BCUT2D eigenvalue weighted by Crippen LogP contribution is -2.14. The average Bonchev–Trinajstić information content (AvgIpc) is 2.69. The van der Waals surface area contributed by atoms with E-state index in [1.54, 1.807) is 38.4 Å². The van der Waals surface area contributed by atoms with E-state index in [1.807, 2.05) is 6.07 Å². The van der Waals surface area contributed by atoms with Gasteiger partial charge >= 0.3 is 0 Å². The minimum atomic E-state index is -0.315. The van der Waals surface area contributed by atoms with E-state index in [2.05, 4.69) is 10.4 Å². The van der Waals surface area contributed by atoms with Crippen LogP contribution in [-0.4, -0.2) is 15.7 Å². The van der Waals surface area contributed by atoms with Gasteiger partial charge in [-0.1, -0.05) is 11.6 Å². The number of aromatic nitrogens is 2. The molecule has 0 bridgehead atoms. The lowest BCUT2D eigenvalue weighted by Gasteiger charge is -2.06. The number of hydrogen-bond donors (Lipinski definition) is 1. The first-order valence-corrected chi connectivity index (χ1v) is 5.90. The van der Waals surface area contributed by atoms with Crippen LogP contribution in [0, 0.1) is 18.3 Å². The Morgan fingerprint density at radius 3 is 2.89 bits per heavy atom. The monoisotopic (exact) mass is 274 g/mol. The molecule has 0 spiro atoms. The van der Waals surface area contributed by atoms with Gasteiger partial charge in [-0.2, -0.15) is 10.4 Å². The quantitative estimate of drug-likeness (QED) is 0.915. The van der Waals surface area contributed by atoms with Gasteiger partial charge in [0.25, 0.3) is 5.91 Å². The van der Waals surface area contributed by atoms with Crippen LogP contribution in [0.5, 0.6) is 0 Å². The summed E-state index contributed by atoms with van der Waals surface area (Å²) in [6, 6.07) is 6.97. The maximum absolute atomic E-state index is 12.1. The molecule has 2 aromatic rings. The Balaban J connectivity index is 2.28. The summed E-state index contributed by atoms with van der Waals surface area (Å²) < 4.78 is 1.48. The lowest BCUT2D eigenvalue weighted by molar-refractivity contribution is 0.102. The van der Waals surface area contributed by atoms with E-state index in [1.165, 1.54) is 4.68 Å². The van der Waals surface area contributed by atoms with E-state index in [4.69, 9.17) is 16.9 Å². The standard InChI is InChI=1S/C13H11ClN4O/c1-8-5-10(14)3-4-11(8)13(19)16-12-9(6-15)7-18(2)17-12/h3-5,7H,1-2H3,(H,16,17,19). The summed E-state index contributed by atoms with van der Waals surface area (Å²) in [5.74, 6) is -0.0614. The third-order valence-electron chi connectivity index (χ3n) is 2.61. The molecule has 1 heterocycles. The molecule has 0 aliphatic rings. The van der Waals surface area contributed by atoms with Crippen molar-refractivity contribution in [2.24, 2.45) is 7.05 Å². The number of halogens is 1. The highest BCUT2D eigenvalue weighted by atomic mass is 35.5. The molecule has 2 rings (SSSR count). The minimum absolute atomic E-state index is 0.254. The number of carbonyl (C=O) groups excluding carboxylic acids is 1. The van der Waals surface area contributed by atoms with Gasteiger partial charge in [0.2, 0.25) is 0 Å². The SMILES string of the molecule is Cc1cc(Cl)ccc1C(=O)Nc1nn(C)cc1C#N. The summed E-state index contributed by atoms with van der Waals surface area (Å²) >= 11 is 5.84. The maximum Gasteiger partial charge on any atom is 0.257 e. The molecule has 0 atom stereocenters. The van der Waals surface area contributed by atoms with Crippen molar-refractivity contribution in [3.8, 4) is 6.07 Å². The number of nitrogens with zero attached hydrogens (tertiary/aromatic N) is 3. The van der Waals surface area contributed by atoms with Gasteiger partial charge in [0.1, 0.15) is 11.6 Å². The number of nitrogens with one attached hydrogen (secondary N) is 1. The number of rotatable bonds is 2. The zero-order chi connectivity index (χ0) is 14.0. The molecule has 0 unspecified atom stereocenters. The number of hydrogen-bond acceptors (Lipinski definition) is 3. The van der Waals surface area contributed by atoms with Gasteiger partial charge in [-0.05, 0) is 30.7 Å². The van der Waals surface area contributed by atoms with E-state index in [9.17, 15) is 4.79 Å². The summed E-state index contributed by atoms with van der Waals surface area (Å²) in [6.07, 6.45) is 1.55. The first-order valence-electron chi connectivity index (χ1n) is 5.52. The molecule has 1 N–H and O–H groups in total. The highest BCUT2D eigenvalue weighted by molar-refractivity contribution is 6.30. The second-order valence-corrected chi connectivity index (χ2v) is 4.53. The largest absolute Gasteiger partial charge is 0.304 e. The second-order valence-electron chi connectivity index (χ2n) is 4.09. The molecule has 0 saturated carbocycles.